The molecule has 1 N–H and O–H groups in total. The lowest BCUT2D eigenvalue weighted by Gasteiger charge is -2.23. The first kappa shape index (κ1) is 10.5. The second-order valence-electron chi connectivity index (χ2n) is 4.07. The van der Waals surface area contributed by atoms with Crippen LogP contribution in [0.1, 0.15) is 44.2 Å². The zero-order chi connectivity index (χ0) is 10.5. The molecule has 0 spiro atoms. The second-order valence-corrected chi connectivity index (χ2v) is 4.07. The van der Waals surface area contributed by atoms with Gasteiger partial charge in [0.1, 0.15) is 0 Å². The van der Waals surface area contributed by atoms with E-state index in [4.69, 9.17) is 4.42 Å². The Labute approximate surface area is 91.4 Å². The van der Waals surface area contributed by atoms with E-state index in [9.17, 15) is 0 Å². The largest absolute Gasteiger partial charge is 0.472 e. The van der Waals surface area contributed by atoms with Gasteiger partial charge in [0, 0.05) is 5.56 Å². The van der Waals surface area contributed by atoms with Crippen molar-refractivity contribution >= 4 is 0 Å². The highest BCUT2D eigenvalue weighted by Crippen LogP contribution is 2.29. The standard InChI is InChI=1S/C13H19NO/c1-2-14-13(12-8-9-15-10-12)11-6-4-3-5-7-11/h6,8-10,13-14H,2-5,7H2,1H3. The monoisotopic (exact) mass is 205 g/mol. The summed E-state index contributed by atoms with van der Waals surface area (Å²) in [4.78, 5) is 0. The second kappa shape index (κ2) is 5.17. The molecule has 0 amide bonds. The first-order chi connectivity index (χ1) is 7.42. The van der Waals surface area contributed by atoms with E-state index < -0.39 is 0 Å². The van der Waals surface area contributed by atoms with Crippen molar-refractivity contribution in [2.24, 2.45) is 0 Å². The maximum atomic E-state index is 5.17. The summed E-state index contributed by atoms with van der Waals surface area (Å²) in [5.41, 5.74) is 2.79. The Kier molecular flexibility index (Phi) is 3.62. The fraction of sp³-hybridized carbons (Fsp3) is 0.538. The molecule has 1 atom stereocenters. The zero-order valence-electron chi connectivity index (χ0n) is 9.33. The van der Waals surface area contributed by atoms with Crippen LogP contribution in [0.25, 0.3) is 0 Å². The number of hydrogen-bond donors (Lipinski definition) is 1. The molecular formula is C13H19NO. The van der Waals surface area contributed by atoms with Crippen LogP contribution in [0.2, 0.25) is 0 Å². The topological polar surface area (TPSA) is 25.2 Å². The van der Waals surface area contributed by atoms with Crippen LogP contribution >= 0.6 is 0 Å². The Morgan fingerprint density at radius 2 is 2.40 bits per heavy atom. The van der Waals surface area contributed by atoms with Gasteiger partial charge in [-0.15, -0.1) is 0 Å². The van der Waals surface area contributed by atoms with E-state index in [1.165, 1.54) is 36.8 Å². The van der Waals surface area contributed by atoms with Gasteiger partial charge in [-0.05, 0) is 38.3 Å². The molecule has 0 radical (unpaired) electrons. The summed E-state index contributed by atoms with van der Waals surface area (Å²) < 4.78 is 5.17. The molecule has 0 saturated carbocycles. The van der Waals surface area contributed by atoms with Gasteiger partial charge in [-0.2, -0.15) is 0 Å². The van der Waals surface area contributed by atoms with Crippen molar-refractivity contribution in [3.05, 3.63) is 35.8 Å². The third-order valence-electron chi connectivity index (χ3n) is 2.98. The van der Waals surface area contributed by atoms with Crippen molar-refractivity contribution in [1.29, 1.82) is 0 Å². The number of furan rings is 1. The van der Waals surface area contributed by atoms with Gasteiger partial charge in [0.2, 0.25) is 0 Å². The Morgan fingerprint density at radius 3 is 3.00 bits per heavy atom. The SMILES string of the molecule is CCNC(C1=CCCCC1)c1ccoc1. The van der Waals surface area contributed by atoms with Crippen molar-refractivity contribution in [2.45, 2.75) is 38.6 Å². The third-order valence-corrected chi connectivity index (χ3v) is 2.98. The fourth-order valence-electron chi connectivity index (χ4n) is 2.23. The average molecular weight is 205 g/mol. The highest BCUT2D eigenvalue weighted by Gasteiger charge is 2.17. The molecule has 1 aliphatic rings. The molecule has 1 heterocycles. The quantitative estimate of drug-likeness (QED) is 0.762. The van der Waals surface area contributed by atoms with E-state index in [-0.39, 0.29) is 0 Å². The molecule has 82 valence electrons. The van der Waals surface area contributed by atoms with Crippen LogP contribution in [-0.2, 0) is 0 Å². The minimum Gasteiger partial charge on any atom is -0.472 e. The van der Waals surface area contributed by atoms with Crippen molar-refractivity contribution in [1.82, 2.24) is 5.32 Å². The van der Waals surface area contributed by atoms with Crippen LogP contribution in [0.5, 0.6) is 0 Å². The van der Waals surface area contributed by atoms with E-state index in [1.807, 2.05) is 6.26 Å². The number of rotatable bonds is 4. The molecule has 1 aromatic heterocycles. The minimum atomic E-state index is 0.369. The lowest BCUT2D eigenvalue weighted by molar-refractivity contribution is 0.537. The van der Waals surface area contributed by atoms with Crippen LogP contribution < -0.4 is 5.32 Å². The number of allylic oxidation sites excluding steroid dienone is 1. The van der Waals surface area contributed by atoms with Crippen LogP contribution in [0.3, 0.4) is 0 Å². The Hall–Kier alpha value is -1.02. The summed E-state index contributed by atoms with van der Waals surface area (Å²) in [7, 11) is 0. The van der Waals surface area contributed by atoms with Crippen LogP contribution in [0.4, 0.5) is 0 Å². The lowest BCUT2D eigenvalue weighted by Crippen LogP contribution is -2.23. The van der Waals surface area contributed by atoms with Crippen LogP contribution in [0, 0.1) is 0 Å². The molecule has 15 heavy (non-hydrogen) atoms. The molecule has 2 heteroatoms. The van der Waals surface area contributed by atoms with Crippen LogP contribution in [0.15, 0.2) is 34.7 Å². The summed E-state index contributed by atoms with van der Waals surface area (Å²) in [6.45, 7) is 3.14. The van der Waals surface area contributed by atoms with E-state index in [0.717, 1.165) is 6.54 Å². The third kappa shape index (κ3) is 2.51. The summed E-state index contributed by atoms with van der Waals surface area (Å²) in [6, 6.07) is 2.43. The highest BCUT2D eigenvalue weighted by molar-refractivity contribution is 5.25. The van der Waals surface area contributed by atoms with Gasteiger partial charge in [0.05, 0.1) is 18.6 Å². The number of likely N-dealkylation sites (N-methyl/N-ethyl adjacent to an activating group) is 1. The van der Waals surface area contributed by atoms with Gasteiger partial charge in [0.15, 0.2) is 0 Å². The molecule has 0 bridgehead atoms. The van der Waals surface area contributed by atoms with Gasteiger partial charge in [-0.3, -0.25) is 0 Å². The van der Waals surface area contributed by atoms with Crippen LogP contribution in [-0.4, -0.2) is 6.54 Å². The van der Waals surface area contributed by atoms with E-state index in [0.29, 0.717) is 6.04 Å². The fourth-order valence-corrected chi connectivity index (χ4v) is 2.23. The molecule has 0 saturated heterocycles. The smallest absolute Gasteiger partial charge is 0.0953 e. The Balaban J connectivity index is 2.15. The molecule has 1 aliphatic carbocycles. The average Bonchev–Trinajstić information content (AvgIpc) is 2.80. The van der Waals surface area contributed by atoms with Crippen molar-refractivity contribution in [2.75, 3.05) is 6.54 Å². The molecule has 0 fully saturated rings. The van der Waals surface area contributed by atoms with Crippen molar-refractivity contribution in [3.8, 4) is 0 Å². The molecule has 0 aliphatic heterocycles. The van der Waals surface area contributed by atoms with Crippen molar-refractivity contribution in [3.63, 3.8) is 0 Å². The molecule has 0 aromatic carbocycles. The first-order valence-electron chi connectivity index (χ1n) is 5.86. The van der Waals surface area contributed by atoms with Gasteiger partial charge >= 0.3 is 0 Å². The molecule has 2 rings (SSSR count). The van der Waals surface area contributed by atoms with Gasteiger partial charge in [-0.1, -0.05) is 18.6 Å². The predicted octanol–water partition coefficient (Wildman–Crippen LogP) is 3.43. The number of hydrogen-bond acceptors (Lipinski definition) is 2. The van der Waals surface area contributed by atoms with E-state index >= 15 is 0 Å². The minimum absolute atomic E-state index is 0.369. The summed E-state index contributed by atoms with van der Waals surface area (Å²) in [5.74, 6) is 0. The zero-order valence-corrected chi connectivity index (χ0v) is 9.33. The number of nitrogens with one attached hydrogen (secondary N) is 1. The van der Waals surface area contributed by atoms with Crippen molar-refractivity contribution < 1.29 is 4.42 Å². The lowest BCUT2D eigenvalue weighted by atomic mass is 9.91. The summed E-state index contributed by atoms with van der Waals surface area (Å²) >= 11 is 0. The van der Waals surface area contributed by atoms with Gasteiger partial charge < -0.3 is 9.73 Å². The summed E-state index contributed by atoms with van der Waals surface area (Å²) in [5, 5.41) is 3.53. The maximum absolute atomic E-state index is 5.17. The summed E-state index contributed by atoms with van der Waals surface area (Å²) in [6.07, 6.45) is 11.1. The predicted molar refractivity (Wildman–Crippen MR) is 61.7 cm³/mol. The van der Waals surface area contributed by atoms with Gasteiger partial charge in [-0.25, -0.2) is 0 Å². The first-order valence-corrected chi connectivity index (χ1v) is 5.86. The normalized spacial score (nSPS) is 18.6. The van der Waals surface area contributed by atoms with Gasteiger partial charge in [0.25, 0.3) is 0 Å². The molecule has 1 unspecified atom stereocenters. The van der Waals surface area contributed by atoms with E-state index in [2.05, 4.69) is 24.4 Å². The molecular weight excluding hydrogens is 186 g/mol. The van der Waals surface area contributed by atoms with E-state index in [1.54, 1.807) is 6.26 Å². The Bertz CT molecular complexity index is 313. The Morgan fingerprint density at radius 1 is 1.47 bits per heavy atom. The molecule has 2 nitrogen and oxygen atoms in total. The molecule has 1 aromatic rings. The highest BCUT2D eigenvalue weighted by atomic mass is 16.3. The maximum Gasteiger partial charge on any atom is 0.0953 e.